The highest BCUT2D eigenvalue weighted by molar-refractivity contribution is 5.83. The fourth-order valence-corrected chi connectivity index (χ4v) is 3.37. The molecule has 0 aliphatic rings. The molecule has 28 heavy (non-hydrogen) atoms. The van der Waals surface area contributed by atoms with Gasteiger partial charge < -0.3 is 10.3 Å². The Hall–Kier alpha value is -3.61. The first-order valence-corrected chi connectivity index (χ1v) is 9.04. The first-order chi connectivity index (χ1) is 13.5. The lowest BCUT2D eigenvalue weighted by atomic mass is 10.0. The van der Waals surface area contributed by atoms with E-state index in [0.717, 1.165) is 33.6 Å². The molecule has 0 radical (unpaired) electrons. The van der Waals surface area contributed by atoms with Crippen LogP contribution in [0, 0.1) is 6.92 Å². The Morgan fingerprint density at radius 2 is 2.00 bits per heavy atom. The smallest absolute Gasteiger partial charge is 0.166 e. The molecule has 4 aromatic rings. The number of nitrogens with two attached hydrogens (primary N) is 1. The fraction of sp³-hybridized carbons (Fsp3) is 0.190. The number of hydrogen-bond donors (Lipinski definition) is 1. The summed E-state index contributed by atoms with van der Waals surface area (Å²) in [6, 6.07) is 5.84. The van der Waals surface area contributed by atoms with Gasteiger partial charge in [-0.1, -0.05) is 30.9 Å². The van der Waals surface area contributed by atoms with Crippen LogP contribution >= 0.6 is 0 Å². The van der Waals surface area contributed by atoms with Crippen LogP contribution in [-0.4, -0.2) is 29.5 Å². The van der Waals surface area contributed by atoms with Crippen molar-refractivity contribution in [2.75, 3.05) is 5.73 Å². The van der Waals surface area contributed by atoms with Crippen molar-refractivity contribution in [1.29, 1.82) is 0 Å². The van der Waals surface area contributed by atoms with Crippen molar-refractivity contribution in [3.63, 3.8) is 0 Å². The molecule has 140 valence electrons. The van der Waals surface area contributed by atoms with Gasteiger partial charge in [0.05, 0.1) is 34.8 Å². The van der Waals surface area contributed by atoms with E-state index < -0.39 is 0 Å². The summed E-state index contributed by atoms with van der Waals surface area (Å²) in [6.07, 6.45) is 6.95. The quantitative estimate of drug-likeness (QED) is 0.547. The molecule has 0 amide bonds. The van der Waals surface area contributed by atoms with Crippen LogP contribution < -0.4 is 5.73 Å². The van der Waals surface area contributed by atoms with Gasteiger partial charge in [-0.05, 0) is 38.0 Å². The first-order valence-electron chi connectivity index (χ1n) is 9.04. The number of aromatic nitrogens is 6. The number of benzene rings is 1. The molecule has 1 aromatic carbocycles. The predicted molar refractivity (Wildman–Crippen MR) is 112 cm³/mol. The molecule has 3 aromatic heterocycles. The SMILES string of the molecule is C=CC(=CC)c1nc2c(C)cccc2nc1C(C)n1cnc2c(N)ncnc21. The van der Waals surface area contributed by atoms with Gasteiger partial charge in [-0.2, -0.15) is 0 Å². The number of imidazole rings is 1. The van der Waals surface area contributed by atoms with E-state index in [-0.39, 0.29) is 6.04 Å². The van der Waals surface area contributed by atoms with Gasteiger partial charge >= 0.3 is 0 Å². The average molecular weight is 371 g/mol. The zero-order valence-electron chi connectivity index (χ0n) is 16.1. The third-order valence-electron chi connectivity index (χ3n) is 4.93. The molecule has 0 saturated carbocycles. The predicted octanol–water partition coefficient (Wildman–Crippen LogP) is 3.86. The largest absolute Gasteiger partial charge is 0.382 e. The zero-order valence-corrected chi connectivity index (χ0v) is 16.1. The minimum absolute atomic E-state index is 0.165. The molecule has 1 unspecified atom stereocenters. The van der Waals surface area contributed by atoms with Crippen LogP contribution in [0.5, 0.6) is 0 Å². The topological polar surface area (TPSA) is 95.4 Å². The van der Waals surface area contributed by atoms with Crippen LogP contribution in [0.1, 0.15) is 36.8 Å². The molecule has 0 fully saturated rings. The number of nitrogens with zero attached hydrogens (tertiary/aromatic N) is 6. The van der Waals surface area contributed by atoms with Gasteiger partial charge in [0, 0.05) is 0 Å². The summed E-state index contributed by atoms with van der Waals surface area (Å²) in [7, 11) is 0. The molecule has 0 saturated heterocycles. The van der Waals surface area contributed by atoms with E-state index in [2.05, 4.69) is 21.5 Å². The van der Waals surface area contributed by atoms with Crippen molar-refractivity contribution < 1.29 is 0 Å². The number of fused-ring (bicyclic) bond motifs is 2. The molecule has 0 aliphatic heterocycles. The van der Waals surface area contributed by atoms with E-state index in [1.165, 1.54) is 6.33 Å². The van der Waals surface area contributed by atoms with Crippen molar-refractivity contribution in [2.24, 2.45) is 0 Å². The average Bonchev–Trinajstić information content (AvgIpc) is 3.14. The van der Waals surface area contributed by atoms with Crippen molar-refractivity contribution in [1.82, 2.24) is 29.5 Å². The Bertz CT molecular complexity index is 1240. The maximum Gasteiger partial charge on any atom is 0.166 e. The molecule has 3 heterocycles. The number of anilines is 1. The van der Waals surface area contributed by atoms with Gasteiger partial charge in [-0.3, -0.25) is 0 Å². The standard InChI is InChI=1S/C21H21N7/c1-5-14(6-2)18-17(26-15-9-7-8-12(3)16(15)27-18)13(4)28-11-25-19-20(22)23-10-24-21(19)28/h5-11,13H,1H2,2-4H3,(H2,22,23,24). The molecule has 2 N–H and O–H groups in total. The molecule has 0 bridgehead atoms. The fourth-order valence-electron chi connectivity index (χ4n) is 3.37. The molecule has 0 aliphatic carbocycles. The highest BCUT2D eigenvalue weighted by Gasteiger charge is 2.21. The molecule has 0 spiro atoms. The summed E-state index contributed by atoms with van der Waals surface area (Å²) >= 11 is 0. The van der Waals surface area contributed by atoms with Crippen LogP contribution in [0.4, 0.5) is 5.82 Å². The second-order valence-electron chi connectivity index (χ2n) is 6.61. The van der Waals surface area contributed by atoms with Gasteiger partial charge in [0.2, 0.25) is 0 Å². The lowest BCUT2D eigenvalue weighted by Crippen LogP contribution is -2.13. The van der Waals surface area contributed by atoms with Crippen LogP contribution in [-0.2, 0) is 0 Å². The monoisotopic (exact) mass is 371 g/mol. The summed E-state index contributed by atoms with van der Waals surface area (Å²) in [4.78, 5) is 22.7. The van der Waals surface area contributed by atoms with E-state index in [0.29, 0.717) is 17.0 Å². The molecule has 4 rings (SSSR count). The molecular weight excluding hydrogens is 350 g/mol. The van der Waals surface area contributed by atoms with Gasteiger partial charge in [0.15, 0.2) is 11.5 Å². The number of aryl methyl sites for hydroxylation is 1. The molecule has 7 heteroatoms. The van der Waals surface area contributed by atoms with E-state index in [4.69, 9.17) is 15.7 Å². The molecule has 1 atom stereocenters. The van der Waals surface area contributed by atoms with E-state index >= 15 is 0 Å². The lowest BCUT2D eigenvalue weighted by molar-refractivity contribution is 0.630. The van der Waals surface area contributed by atoms with Crippen LogP contribution in [0.15, 0.2) is 49.6 Å². The Kier molecular flexibility index (Phi) is 4.35. The third-order valence-corrected chi connectivity index (χ3v) is 4.93. The van der Waals surface area contributed by atoms with Gasteiger partial charge in [-0.15, -0.1) is 0 Å². The van der Waals surface area contributed by atoms with Gasteiger partial charge in [0.25, 0.3) is 0 Å². The number of para-hydroxylation sites is 1. The lowest BCUT2D eigenvalue weighted by Gasteiger charge is -2.18. The Morgan fingerprint density at radius 1 is 1.18 bits per heavy atom. The summed E-state index contributed by atoms with van der Waals surface area (Å²) in [5, 5.41) is 0. The normalized spacial score (nSPS) is 13.2. The Labute approximate surface area is 162 Å². The second-order valence-corrected chi connectivity index (χ2v) is 6.61. The van der Waals surface area contributed by atoms with Crippen molar-refractivity contribution in [3.05, 3.63) is 66.5 Å². The Balaban J connectivity index is 1.99. The minimum Gasteiger partial charge on any atom is -0.382 e. The van der Waals surface area contributed by atoms with Crippen LogP contribution in [0.25, 0.3) is 27.8 Å². The van der Waals surface area contributed by atoms with Crippen molar-refractivity contribution in [2.45, 2.75) is 26.8 Å². The highest BCUT2D eigenvalue weighted by Crippen LogP contribution is 2.30. The summed E-state index contributed by atoms with van der Waals surface area (Å²) in [6.45, 7) is 10.00. The van der Waals surface area contributed by atoms with Crippen molar-refractivity contribution in [3.8, 4) is 0 Å². The number of nitrogen functional groups attached to an aromatic ring is 1. The van der Waals surface area contributed by atoms with Crippen LogP contribution in [0.2, 0.25) is 0 Å². The van der Waals surface area contributed by atoms with Crippen LogP contribution in [0.3, 0.4) is 0 Å². The minimum atomic E-state index is -0.165. The molecule has 7 nitrogen and oxygen atoms in total. The number of allylic oxidation sites excluding steroid dienone is 3. The summed E-state index contributed by atoms with van der Waals surface area (Å²) in [5.41, 5.74) is 12.6. The van der Waals surface area contributed by atoms with E-state index in [9.17, 15) is 0 Å². The third kappa shape index (κ3) is 2.72. The summed E-state index contributed by atoms with van der Waals surface area (Å²) < 4.78 is 1.94. The van der Waals surface area contributed by atoms with Crippen molar-refractivity contribution >= 4 is 33.6 Å². The maximum absolute atomic E-state index is 5.94. The van der Waals surface area contributed by atoms with Gasteiger partial charge in [0.1, 0.15) is 11.8 Å². The van der Waals surface area contributed by atoms with Gasteiger partial charge in [-0.25, -0.2) is 24.9 Å². The first kappa shape index (κ1) is 17.8. The summed E-state index contributed by atoms with van der Waals surface area (Å²) in [5.74, 6) is 0.358. The second kappa shape index (κ2) is 6.84. The molecular formula is C21H21N7. The number of hydrogen-bond acceptors (Lipinski definition) is 6. The number of rotatable bonds is 4. The van der Waals surface area contributed by atoms with E-state index in [1.54, 1.807) is 12.4 Å². The zero-order chi connectivity index (χ0) is 19.8. The highest BCUT2D eigenvalue weighted by atomic mass is 15.2. The van der Waals surface area contributed by atoms with E-state index in [1.807, 2.05) is 49.6 Å². The maximum atomic E-state index is 5.94. The Morgan fingerprint density at radius 3 is 2.75 bits per heavy atom.